The molecule has 1 unspecified atom stereocenters. The van der Waals surface area contributed by atoms with Crippen LogP contribution in [0.4, 0.5) is 0 Å². The number of nitrogens with zero attached hydrogens (tertiary/aromatic N) is 1. The molecule has 4 nitrogen and oxygen atoms in total. The standard InChI is InChI=1S/C13H19NO3/c1-8-11-9(5-6-14(8)2)7-10(16-3)13(17-4)12(11)15/h7-8,15H,5-6H2,1-4H3. The number of benzene rings is 1. The van der Waals surface area contributed by atoms with Gasteiger partial charge >= 0.3 is 0 Å². The molecule has 1 aliphatic heterocycles. The van der Waals surface area contributed by atoms with E-state index >= 15 is 0 Å². The molecule has 1 N–H and O–H groups in total. The number of aromatic hydroxyl groups is 1. The predicted octanol–water partition coefficient (Wildman–Crippen LogP) is 1.96. The van der Waals surface area contributed by atoms with Crippen molar-refractivity contribution in [1.29, 1.82) is 0 Å². The summed E-state index contributed by atoms with van der Waals surface area (Å²) in [5, 5.41) is 10.3. The van der Waals surface area contributed by atoms with Gasteiger partial charge in [-0.05, 0) is 32.0 Å². The van der Waals surface area contributed by atoms with E-state index in [1.54, 1.807) is 14.2 Å². The fourth-order valence-electron chi connectivity index (χ4n) is 2.43. The van der Waals surface area contributed by atoms with Gasteiger partial charge in [0.2, 0.25) is 5.75 Å². The number of methoxy groups -OCH3 is 2. The highest BCUT2D eigenvalue weighted by Crippen LogP contribution is 2.46. The molecular weight excluding hydrogens is 218 g/mol. The zero-order valence-corrected chi connectivity index (χ0v) is 10.8. The molecule has 0 spiro atoms. The maximum Gasteiger partial charge on any atom is 0.203 e. The highest BCUT2D eigenvalue weighted by molar-refractivity contribution is 5.59. The van der Waals surface area contributed by atoms with Crippen molar-refractivity contribution < 1.29 is 14.6 Å². The van der Waals surface area contributed by atoms with Crippen LogP contribution < -0.4 is 9.47 Å². The van der Waals surface area contributed by atoms with E-state index in [4.69, 9.17) is 9.47 Å². The maximum absolute atomic E-state index is 10.3. The van der Waals surface area contributed by atoms with Crippen LogP contribution in [-0.2, 0) is 6.42 Å². The predicted molar refractivity (Wildman–Crippen MR) is 66.0 cm³/mol. The lowest BCUT2D eigenvalue weighted by Gasteiger charge is -2.33. The van der Waals surface area contributed by atoms with Gasteiger partial charge in [0.05, 0.1) is 14.2 Å². The minimum absolute atomic E-state index is 0.193. The largest absolute Gasteiger partial charge is 0.504 e. The van der Waals surface area contributed by atoms with Crippen LogP contribution in [0.3, 0.4) is 0 Å². The number of ether oxygens (including phenoxy) is 2. The number of hydrogen-bond donors (Lipinski definition) is 1. The third kappa shape index (κ3) is 1.82. The topological polar surface area (TPSA) is 41.9 Å². The molecule has 0 saturated carbocycles. The third-order valence-electron chi connectivity index (χ3n) is 3.58. The Hall–Kier alpha value is -1.42. The Balaban J connectivity index is 2.61. The Morgan fingerprint density at radius 3 is 2.65 bits per heavy atom. The van der Waals surface area contributed by atoms with Crippen molar-refractivity contribution in [3.63, 3.8) is 0 Å². The Morgan fingerprint density at radius 1 is 1.35 bits per heavy atom. The maximum atomic E-state index is 10.3. The first-order chi connectivity index (χ1) is 8.10. The van der Waals surface area contributed by atoms with Crippen molar-refractivity contribution >= 4 is 0 Å². The van der Waals surface area contributed by atoms with Gasteiger partial charge in [0, 0.05) is 18.2 Å². The molecule has 1 aliphatic rings. The van der Waals surface area contributed by atoms with Crippen LogP contribution in [-0.4, -0.2) is 37.8 Å². The molecule has 1 aromatic carbocycles. The molecule has 17 heavy (non-hydrogen) atoms. The molecule has 0 fully saturated rings. The van der Waals surface area contributed by atoms with Crippen molar-refractivity contribution in [2.45, 2.75) is 19.4 Å². The Morgan fingerprint density at radius 2 is 2.06 bits per heavy atom. The summed E-state index contributed by atoms with van der Waals surface area (Å²) < 4.78 is 10.5. The minimum Gasteiger partial charge on any atom is -0.504 e. The number of phenolic OH excluding ortho intramolecular Hbond substituents is 1. The van der Waals surface area contributed by atoms with Crippen LogP contribution in [0.1, 0.15) is 24.1 Å². The van der Waals surface area contributed by atoms with Crippen molar-refractivity contribution in [3.05, 3.63) is 17.2 Å². The van der Waals surface area contributed by atoms with E-state index in [9.17, 15) is 5.11 Å². The number of rotatable bonds is 2. The average Bonchev–Trinajstić information content (AvgIpc) is 2.33. The molecule has 0 radical (unpaired) electrons. The molecule has 0 bridgehead atoms. The number of hydrogen-bond acceptors (Lipinski definition) is 4. The second kappa shape index (κ2) is 4.45. The summed E-state index contributed by atoms with van der Waals surface area (Å²) in [5.74, 6) is 1.23. The van der Waals surface area contributed by atoms with Crippen LogP contribution in [0.2, 0.25) is 0 Å². The van der Waals surface area contributed by atoms with Gasteiger partial charge in [0.1, 0.15) is 0 Å². The molecular formula is C13H19NO3. The highest BCUT2D eigenvalue weighted by atomic mass is 16.5. The zero-order chi connectivity index (χ0) is 12.6. The summed E-state index contributed by atoms with van der Waals surface area (Å²) in [5.41, 5.74) is 2.10. The van der Waals surface area contributed by atoms with E-state index < -0.39 is 0 Å². The number of likely N-dealkylation sites (N-methyl/N-ethyl adjacent to an activating group) is 1. The van der Waals surface area contributed by atoms with E-state index in [-0.39, 0.29) is 11.8 Å². The molecule has 1 aromatic rings. The molecule has 1 atom stereocenters. The molecule has 0 aliphatic carbocycles. The quantitative estimate of drug-likeness (QED) is 0.853. The number of fused-ring (bicyclic) bond motifs is 1. The minimum atomic E-state index is 0.193. The van der Waals surface area contributed by atoms with Crippen molar-refractivity contribution in [2.24, 2.45) is 0 Å². The van der Waals surface area contributed by atoms with Gasteiger partial charge in [-0.15, -0.1) is 0 Å². The third-order valence-corrected chi connectivity index (χ3v) is 3.58. The van der Waals surface area contributed by atoms with Gasteiger partial charge in [0.15, 0.2) is 11.5 Å². The van der Waals surface area contributed by atoms with Gasteiger partial charge < -0.3 is 14.6 Å². The SMILES string of the molecule is COc1cc2c(c(O)c1OC)C(C)N(C)CC2. The monoisotopic (exact) mass is 237 g/mol. The van der Waals surface area contributed by atoms with Gasteiger partial charge in [-0.3, -0.25) is 4.90 Å². The van der Waals surface area contributed by atoms with Gasteiger partial charge in [-0.1, -0.05) is 0 Å². The molecule has 4 heteroatoms. The summed E-state index contributed by atoms with van der Waals surface area (Å²) in [6, 6.07) is 2.16. The molecule has 0 aromatic heterocycles. The fourth-order valence-corrected chi connectivity index (χ4v) is 2.43. The Labute approximate surface area is 102 Å². The summed E-state index contributed by atoms with van der Waals surface area (Å²) in [7, 11) is 5.19. The van der Waals surface area contributed by atoms with Crippen LogP contribution in [0, 0.1) is 0 Å². The van der Waals surface area contributed by atoms with Gasteiger partial charge in [-0.25, -0.2) is 0 Å². The zero-order valence-electron chi connectivity index (χ0n) is 10.8. The van der Waals surface area contributed by atoms with E-state index in [1.807, 2.05) is 6.07 Å². The highest BCUT2D eigenvalue weighted by Gasteiger charge is 2.28. The normalized spacial score (nSPS) is 19.9. The molecule has 0 amide bonds. The van der Waals surface area contributed by atoms with Crippen molar-refractivity contribution in [2.75, 3.05) is 27.8 Å². The summed E-state index contributed by atoms with van der Waals surface area (Å²) in [4.78, 5) is 2.22. The Kier molecular flexibility index (Phi) is 3.15. The van der Waals surface area contributed by atoms with Crippen LogP contribution in [0.5, 0.6) is 17.2 Å². The van der Waals surface area contributed by atoms with Gasteiger partial charge in [0.25, 0.3) is 0 Å². The van der Waals surface area contributed by atoms with Crippen LogP contribution in [0.15, 0.2) is 6.07 Å². The summed E-state index contributed by atoms with van der Waals surface area (Å²) in [6.45, 7) is 3.08. The van der Waals surface area contributed by atoms with Gasteiger partial charge in [-0.2, -0.15) is 0 Å². The van der Waals surface area contributed by atoms with E-state index in [1.165, 1.54) is 0 Å². The molecule has 94 valence electrons. The Bertz CT molecular complexity index is 431. The van der Waals surface area contributed by atoms with E-state index in [0.717, 1.165) is 24.1 Å². The molecule has 1 heterocycles. The van der Waals surface area contributed by atoms with Crippen molar-refractivity contribution in [1.82, 2.24) is 4.90 Å². The smallest absolute Gasteiger partial charge is 0.203 e. The van der Waals surface area contributed by atoms with Crippen LogP contribution >= 0.6 is 0 Å². The number of phenols is 1. The van der Waals surface area contributed by atoms with Crippen molar-refractivity contribution in [3.8, 4) is 17.2 Å². The van der Waals surface area contributed by atoms with Crippen LogP contribution in [0.25, 0.3) is 0 Å². The molecule has 2 rings (SSSR count). The second-order valence-electron chi connectivity index (χ2n) is 4.44. The first kappa shape index (κ1) is 12.0. The lowest BCUT2D eigenvalue weighted by atomic mass is 9.92. The lowest BCUT2D eigenvalue weighted by Crippen LogP contribution is -2.30. The first-order valence-electron chi connectivity index (χ1n) is 5.77. The van der Waals surface area contributed by atoms with E-state index in [0.29, 0.717) is 11.5 Å². The van der Waals surface area contributed by atoms with E-state index in [2.05, 4.69) is 18.9 Å². The molecule has 0 saturated heterocycles. The summed E-state index contributed by atoms with van der Waals surface area (Å²) >= 11 is 0. The average molecular weight is 237 g/mol. The lowest BCUT2D eigenvalue weighted by molar-refractivity contribution is 0.237. The fraction of sp³-hybridized carbons (Fsp3) is 0.538. The first-order valence-corrected chi connectivity index (χ1v) is 5.77. The summed E-state index contributed by atoms with van der Waals surface area (Å²) in [6.07, 6.45) is 0.921. The second-order valence-corrected chi connectivity index (χ2v) is 4.44.